The molecule has 0 saturated carbocycles. The van der Waals surface area contributed by atoms with Crippen molar-refractivity contribution in [1.29, 1.82) is 0 Å². The van der Waals surface area contributed by atoms with Crippen LogP contribution >= 0.6 is 0 Å². The highest BCUT2D eigenvalue weighted by molar-refractivity contribution is 6.04. The molecule has 2 aromatic carbocycles. The van der Waals surface area contributed by atoms with Crippen LogP contribution in [0.5, 0.6) is 11.5 Å². The molecule has 6 nitrogen and oxygen atoms in total. The number of benzene rings is 2. The first-order valence-electron chi connectivity index (χ1n) is 8.85. The van der Waals surface area contributed by atoms with Crippen LogP contribution in [-0.2, 0) is 14.3 Å². The summed E-state index contributed by atoms with van der Waals surface area (Å²) in [4.78, 5) is 26.5. The zero-order chi connectivity index (χ0) is 19.4. The standard InChI is InChI=1S/C21H23NO5/c1-4-27-19(23)13-18-20(14-5-9-16(25-2)10-6-14)22(21(18)24)15-7-11-17(26-3)12-8-15/h5-12,18,20H,4,13H2,1-3H3/t18-,20-/m1/s1. The van der Waals surface area contributed by atoms with Gasteiger partial charge in [0, 0.05) is 5.69 Å². The first-order chi connectivity index (χ1) is 13.1. The largest absolute Gasteiger partial charge is 0.497 e. The Morgan fingerprint density at radius 2 is 1.52 bits per heavy atom. The molecule has 1 heterocycles. The van der Waals surface area contributed by atoms with Gasteiger partial charge in [0.2, 0.25) is 5.91 Å². The van der Waals surface area contributed by atoms with Crippen molar-refractivity contribution in [3.05, 3.63) is 54.1 Å². The van der Waals surface area contributed by atoms with E-state index in [1.165, 1.54) is 0 Å². The van der Waals surface area contributed by atoms with E-state index < -0.39 is 5.92 Å². The van der Waals surface area contributed by atoms with Crippen molar-refractivity contribution in [2.75, 3.05) is 25.7 Å². The lowest BCUT2D eigenvalue weighted by Crippen LogP contribution is -2.56. The number of anilines is 1. The van der Waals surface area contributed by atoms with Crippen molar-refractivity contribution >= 4 is 17.6 Å². The number of amides is 1. The third-order valence-corrected chi connectivity index (χ3v) is 4.71. The number of ether oxygens (including phenoxy) is 3. The number of β-lactam (4-membered cyclic amide) rings is 1. The van der Waals surface area contributed by atoms with Gasteiger partial charge in [-0.05, 0) is 48.9 Å². The molecular weight excluding hydrogens is 346 g/mol. The number of esters is 1. The van der Waals surface area contributed by atoms with Crippen LogP contribution in [0.2, 0.25) is 0 Å². The molecule has 0 aromatic heterocycles. The molecule has 142 valence electrons. The summed E-state index contributed by atoms with van der Waals surface area (Å²) in [6, 6.07) is 14.6. The summed E-state index contributed by atoms with van der Waals surface area (Å²) in [7, 11) is 3.20. The summed E-state index contributed by atoms with van der Waals surface area (Å²) in [5.74, 6) is 0.565. The normalized spacial score (nSPS) is 18.6. The minimum Gasteiger partial charge on any atom is -0.497 e. The Balaban J connectivity index is 1.90. The van der Waals surface area contributed by atoms with Gasteiger partial charge in [-0.2, -0.15) is 0 Å². The molecule has 0 radical (unpaired) electrons. The molecular formula is C21H23NO5. The number of rotatable bonds is 7. The number of carbonyl (C=O) groups excluding carboxylic acids is 2. The summed E-state index contributed by atoms with van der Waals surface area (Å²) in [6.45, 7) is 2.06. The lowest BCUT2D eigenvalue weighted by molar-refractivity contribution is -0.148. The van der Waals surface area contributed by atoms with E-state index in [2.05, 4.69) is 0 Å². The van der Waals surface area contributed by atoms with Crippen molar-refractivity contribution in [3.63, 3.8) is 0 Å². The van der Waals surface area contributed by atoms with Crippen LogP contribution in [0.15, 0.2) is 48.5 Å². The summed E-state index contributed by atoms with van der Waals surface area (Å²) in [5.41, 5.74) is 1.71. The monoisotopic (exact) mass is 369 g/mol. The van der Waals surface area contributed by atoms with Crippen molar-refractivity contribution in [2.45, 2.75) is 19.4 Å². The second-order valence-corrected chi connectivity index (χ2v) is 6.24. The van der Waals surface area contributed by atoms with Gasteiger partial charge in [-0.1, -0.05) is 12.1 Å². The Kier molecular flexibility index (Phi) is 5.64. The highest BCUT2D eigenvalue weighted by Crippen LogP contribution is 2.45. The molecule has 27 heavy (non-hydrogen) atoms. The number of carbonyl (C=O) groups is 2. The predicted molar refractivity (Wildman–Crippen MR) is 101 cm³/mol. The summed E-state index contributed by atoms with van der Waals surface area (Å²) in [6.07, 6.45) is 0.0655. The molecule has 3 rings (SSSR count). The lowest BCUT2D eigenvalue weighted by atomic mass is 9.79. The topological polar surface area (TPSA) is 65.1 Å². The van der Waals surface area contributed by atoms with Crippen LogP contribution < -0.4 is 14.4 Å². The van der Waals surface area contributed by atoms with Gasteiger partial charge in [0.15, 0.2) is 0 Å². The maximum Gasteiger partial charge on any atom is 0.306 e. The van der Waals surface area contributed by atoms with E-state index in [0.717, 1.165) is 22.7 Å². The first-order valence-corrected chi connectivity index (χ1v) is 8.85. The van der Waals surface area contributed by atoms with Crippen molar-refractivity contribution in [2.24, 2.45) is 5.92 Å². The Morgan fingerprint density at radius 1 is 0.963 bits per heavy atom. The van der Waals surface area contributed by atoms with E-state index in [1.54, 1.807) is 26.0 Å². The molecule has 0 unspecified atom stereocenters. The fourth-order valence-corrected chi connectivity index (χ4v) is 3.36. The molecule has 1 saturated heterocycles. The van der Waals surface area contributed by atoms with E-state index in [-0.39, 0.29) is 24.3 Å². The Bertz CT molecular complexity index is 800. The highest BCUT2D eigenvalue weighted by Gasteiger charge is 2.49. The van der Waals surface area contributed by atoms with E-state index in [4.69, 9.17) is 14.2 Å². The number of methoxy groups -OCH3 is 2. The maximum atomic E-state index is 12.8. The van der Waals surface area contributed by atoms with Gasteiger partial charge >= 0.3 is 5.97 Å². The Labute approximate surface area is 158 Å². The molecule has 0 N–H and O–H groups in total. The SMILES string of the molecule is CCOC(=O)C[C@H]1C(=O)N(c2ccc(OC)cc2)[C@@H]1c1ccc(OC)cc1. The molecule has 6 heteroatoms. The molecule has 2 atom stereocenters. The zero-order valence-electron chi connectivity index (χ0n) is 15.7. The molecule has 1 aliphatic rings. The van der Waals surface area contributed by atoms with Gasteiger partial charge in [0.1, 0.15) is 11.5 Å². The van der Waals surface area contributed by atoms with Gasteiger partial charge < -0.3 is 19.1 Å². The summed E-state index contributed by atoms with van der Waals surface area (Å²) < 4.78 is 15.4. The van der Waals surface area contributed by atoms with Crippen LogP contribution in [0.4, 0.5) is 5.69 Å². The van der Waals surface area contributed by atoms with E-state index in [9.17, 15) is 9.59 Å². The summed E-state index contributed by atoms with van der Waals surface area (Å²) in [5, 5.41) is 0. The average molecular weight is 369 g/mol. The van der Waals surface area contributed by atoms with Crippen molar-refractivity contribution < 1.29 is 23.8 Å². The van der Waals surface area contributed by atoms with Crippen molar-refractivity contribution in [3.8, 4) is 11.5 Å². The zero-order valence-corrected chi connectivity index (χ0v) is 15.7. The quantitative estimate of drug-likeness (QED) is 0.553. The van der Waals surface area contributed by atoms with E-state index in [0.29, 0.717) is 6.61 Å². The highest BCUT2D eigenvalue weighted by atomic mass is 16.5. The second kappa shape index (κ2) is 8.12. The summed E-state index contributed by atoms with van der Waals surface area (Å²) >= 11 is 0. The Morgan fingerprint density at radius 3 is 2.04 bits per heavy atom. The molecule has 1 fully saturated rings. The van der Waals surface area contributed by atoms with E-state index in [1.807, 2.05) is 48.5 Å². The fraction of sp³-hybridized carbons (Fsp3) is 0.333. The second-order valence-electron chi connectivity index (χ2n) is 6.24. The van der Waals surface area contributed by atoms with Gasteiger partial charge in [0.25, 0.3) is 0 Å². The lowest BCUT2D eigenvalue weighted by Gasteiger charge is -2.47. The van der Waals surface area contributed by atoms with Gasteiger partial charge in [-0.3, -0.25) is 9.59 Å². The molecule has 1 amide bonds. The third-order valence-electron chi connectivity index (χ3n) is 4.71. The van der Waals surface area contributed by atoms with E-state index >= 15 is 0 Å². The number of nitrogens with zero attached hydrogens (tertiary/aromatic N) is 1. The predicted octanol–water partition coefficient (Wildman–Crippen LogP) is 3.36. The molecule has 2 aromatic rings. The molecule has 0 aliphatic carbocycles. The molecule has 0 spiro atoms. The molecule has 1 aliphatic heterocycles. The number of hydrogen-bond donors (Lipinski definition) is 0. The molecule has 0 bridgehead atoms. The first kappa shape index (κ1) is 18.8. The minimum atomic E-state index is -0.445. The van der Waals surface area contributed by atoms with Crippen LogP contribution in [0.1, 0.15) is 24.9 Å². The minimum absolute atomic E-state index is 0.0655. The average Bonchev–Trinajstić information content (AvgIpc) is 2.70. The van der Waals surface area contributed by atoms with Crippen LogP contribution in [-0.4, -0.2) is 32.7 Å². The fourth-order valence-electron chi connectivity index (χ4n) is 3.36. The van der Waals surface area contributed by atoms with Crippen molar-refractivity contribution in [1.82, 2.24) is 0 Å². The smallest absolute Gasteiger partial charge is 0.306 e. The van der Waals surface area contributed by atoms with Gasteiger partial charge in [-0.25, -0.2) is 0 Å². The third kappa shape index (κ3) is 3.74. The van der Waals surface area contributed by atoms with Crippen LogP contribution in [0.3, 0.4) is 0 Å². The van der Waals surface area contributed by atoms with Gasteiger partial charge in [-0.15, -0.1) is 0 Å². The maximum absolute atomic E-state index is 12.8. The Hall–Kier alpha value is -3.02. The van der Waals surface area contributed by atoms with Crippen LogP contribution in [0, 0.1) is 5.92 Å². The van der Waals surface area contributed by atoms with Gasteiger partial charge in [0.05, 0.1) is 39.2 Å². The number of hydrogen-bond acceptors (Lipinski definition) is 5. The van der Waals surface area contributed by atoms with Crippen LogP contribution in [0.25, 0.3) is 0 Å².